The van der Waals surface area contributed by atoms with Crippen molar-refractivity contribution in [3.05, 3.63) is 0 Å². The maximum atomic E-state index is 11.6. The summed E-state index contributed by atoms with van der Waals surface area (Å²) in [5.41, 5.74) is 0. The lowest BCUT2D eigenvalue weighted by molar-refractivity contribution is -0.137. The van der Waals surface area contributed by atoms with Gasteiger partial charge in [-0.05, 0) is 25.9 Å². The molecule has 0 radical (unpaired) electrons. The summed E-state index contributed by atoms with van der Waals surface area (Å²) in [7, 11) is 0. The number of hydrogen-bond donors (Lipinski definition) is 1. The maximum Gasteiger partial charge on any atom is 0.243 e. The van der Waals surface area contributed by atoms with Crippen molar-refractivity contribution in [1.82, 2.24) is 10.2 Å². The third kappa shape index (κ3) is 7.98. The highest BCUT2D eigenvalue weighted by molar-refractivity contribution is 6.00. The summed E-state index contributed by atoms with van der Waals surface area (Å²) >= 11 is 0. The van der Waals surface area contributed by atoms with Gasteiger partial charge in [-0.1, -0.05) is 48.0 Å². The van der Waals surface area contributed by atoms with Gasteiger partial charge in [-0.15, -0.1) is 0 Å². The van der Waals surface area contributed by atoms with Crippen molar-refractivity contribution in [2.75, 3.05) is 13.1 Å². The second-order valence-electron chi connectivity index (χ2n) is 3.95. The molecule has 1 unspecified atom stereocenters. The van der Waals surface area contributed by atoms with Crippen LogP contribution in [0.1, 0.15) is 67.2 Å². The van der Waals surface area contributed by atoms with Gasteiger partial charge < -0.3 is 0 Å². The molecule has 0 aliphatic carbocycles. The average Bonchev–Trinajstić information content (AvgIpc) is 2.46. The summed E-state index contributed by atoms with van der Waals surface area (Å²) in [6.07, 6.45) is 3.37. The molecule has 0 aromatic rings. The first-order chi connectivity index (χ1) is 9.19. The minimum Gasteiger partial charge on any atom is -0.295 e. The monoisotopic (exact) mass is 272 g/mol. The number of imide groups is 1. The molecular formula is C15H32N2O2. The Balaban J connectivity index is 0. The molecule has 1 rings (SSSR count). The van der Waals surface area contributed by atoms with Crippen LogP contribution < -0.4 is 5.32 Å². The van der Waals surface area contributed by atoms with Crippen LogP contribution in [0.4, 0.5) is 0 Å². The van der Waals surface area contributed by atoms with Crippen LogP contribution in [0.15, 0.2) is 0 Å². The van der Waals surface area contributed by atoms with Gasteiger partial charge in [0.2, 0.25) is 11.8 Å². The number of rotatable bonds is 5. The highest BCUT2D eigenvalue weighted by Crippen LogP contribution is 2.12. The SMILES string of the molecule is CC.CC.CCCCN(CC)C1CCC(=O)NC1=O. The first-order valence-electron chi connectivity index (χ1n) is 7.76. The van der Waals surface area contributed by atoms with E-state index in [-0.39, 0.29) is 17.9 Å². The standard InChI is InChI=1S/C11H20N2O2.2C2H6/c1-3-5-8-13(4-2)9-6-7-10(14)12-11(9)15;2*1-2/h9H,3-8H2,1-2H3,(H,12,14,15);2*1-2H3. The highest BCUT2D eigenvalue weighted by atomic mass is 16.2. The fraction of sp³-hybridized carbons (Fsp3) is 0.867. The molecule has 1 N–H and O–H groups in total. The Bertz CT molecular complexity index is 242. The van der Waals surface area contributed by atoms with Crippen molar-refractivity contribution in [3.63, 3.8) is 0 Å². The van der Waals surface area contributed by atoms with E-state index in [9.17, 15) is 9.59 Å². The number of unbranched alkanes of at least 4 members (excludes halogenated alkanes) is 1. The van der Waals surface area contributed by atoms with Gasteiger partial charge in [0.15, 0.2) is 0 Å². The molecule has 19 heavy (non-hydrogen) atoms. The van der Waals surface area contributed by atoms with Crippen LogP contribution >= 0.6 is 0 Å². The molecule has 4 heteroatoms. The Kier molecular flexibility index (Phi) is 14.5. The molecule has 1 heterocycles. The van der Waals surface area contributed by atoms with Crippen molar-refractivity contribution in [1.29, 1.82) is 0 Å². The van der Waals surface area contributed by atoms with E-state index in [4.69, 9.17) is 0 Å². The molecule has 1 atom stereocenters. The van der Waals surface area contributed by atoms with Crippen LogP contribution in [0.25, 0.3) is 0 Å². The number of carbonyl (C=O) groups excluding carboxylic acids is 2. The predicted molar refractivity (Wildman–Crippen MR) is 81.0 cm³/mol. The lowest BCUT2D eigenvalue weighted by Crippen LogP contribution is -2.52. The van der Waals surface area contributed by atoms with Gasteiger partial charge in [-0.3, -0.25) is 19.8 Å². The van der Waals surface area contributed by atoms with Gasteiger partial charge in [0.1, 0.15) is 0 Å². The van der Waals surface area contributed by atoms with E-state index in [0.29, 0.717) is 12.8 Å². The number of piperidine rings is 1. The van der Waals surface area contributed by atoms with Gasteiger partial charge in [-0.25, -0.2) is 0 Å². The number of carbonyl (C=O) groups is 2. The fourth-order valence-corrected chi connectivity index (χ4v) is 1.93. The van der Waals surface area contributed by atoms with Crippen LogP contribution in [-0.2, 0) is 9.59 Å². The summed E-state index contributed by atoms with van der Waals surface area (Å²) in [4.78, 5) is 24.7. The van der Waals surface area contributed by atoms with Crippen LogP contribution in [0.5, 0.6) is 0 Å². The molecule has 0 spiro atoms. The van der Waals surface area contributed by atoms with Gasteiger partial charge in [0.05, 0.1) is 6.04 Å². The number of nitrogens with zero attached hydrogens (tertiary/aromatic N) is 1. The van der Waals surface area contributed by atoms with Gasteiger partial charge >= 0.3 is 0 Å². The summed E-state index contributed by atoms with van der Waals surface area (Å²) in [6.45, 7) is 14.0. The Hall–Kier alpha value is -0.900. The molecule has 0 bridgehead atoms. The normalized spacial score (nSPS) is 17.9. The highest BCUT2D eigenvalue weighted by Gasteiger charge is 2.30. The van der Waals surface area contributed by atoms with E-state index in [1.165, 1.54) is 0 Å². The van der Waals surface area contributed by atoms with Crippen LogP contribution in [-0.4, -0.2) is 35.8 Å². The van der Waals surface area contributed by atoms with Crippen molar-refractivity contribution < 1.29 is 9.59 Å². The first-order valence-corrected chi connectivity index (χ1v) is 7.76. The first kappa shape index (κ1) is 20.4. The zero-order valence-corrected chi connectivity index (χ0v) is 13.6. The van der Waals surface area contributed by atoms with Crippen LogP contribution in [0, 0.1) is 0 Å². The molecule has 1 fully saturated rings. The molecule has 0 aromatic carbocycles. The van der Waals surface area contributed by atoms with Gasteiger partial charge in [0.25, 0.3) is 0 Å². The number of amides is 2. The molecule has 1 aliphatic rings. The van der Waals surface area contributed by atoms with Crippen LogP contribution in [0.2, 0.25) is 0 Å². The molecule has 2 amide bonds. The fourth-order valence-electron chi connectivity index (χ4n) is 1.93. The van der Waals surface area contributed by atoms with Gasteiger partial charge in [0, 0.05) is 6.42 Å². The third-order valence-electron chi connectivity index (χ3n) is 2.86. The minimum absolute atomic E-state index is 0.0979. The van der Waals surface area contributed by atoms with E-state index in [0.717, 1.165) is 25.9 Å². The molecule has 1 aliphatic heterocycles. The topological polar surface area (TPSA) is 49.4 Å². The number of nitrogens with one attached hydrogen (secondary N) is 1. The lowest BCUT2D eigenvalue weighted by atomic mass is 10.0. The van der Waals surface area contributed by atoms with Crippen LogP contribution in [0.3, 0.4) is 0 Å². The summed E-state index contributed by atoms with van der Waals surface area (Å²) in [5.74, 6) is -0.257. The van der Waals surface area contributed by atoms with E-state index in [1.54, 1.807) is 0 Å². The Morgan fingerprint density at radius 3 is 2.16 bits per heavy atom. The molecule has 4 nitrogen and oxygen atoms in total. The average molecular weight is 272 g/mol. The van der Waals surface area contributed by atoms with E-state index < -0.39 is 0 Å². The number of hydrogen-bond acceptors (Lipinski definition) is 3. The van der Waals surface area contributed by atoms with Gasteiger partial charge in [-0.2, -0.15) is 0 Å². The quantitative estimate of drug-likeness (QED) is 0.783. The summed E-state index contributed by atoms with van der Waals surface area (Å²) in [6, 6.07) is -0.0979. The second-order valence-corrected chi connectivity index (χ2v) is 3.95. The van der Waals surface area contributed by atoms with Crippen molar-refractivity contribution in [2.24, 2.45) is 0 Å². The molecule has 114 valence electrons. The molecule has 0 aromatic heterocycles. The third-order valence-corrected chi connectivity index (χ3v) is 2.86. The zero-order chi connectivity index (χ0) is 15.3. The number of likely N-dealkylation sites (N-methyl/N-ethyl adjacent to an activating group) is 1. The second kappa shape index (κ2) is 13.5. The van der Waals surface area contributed by atoms with E-state index in [2.05, 4.69) is 24.1 Å². The Labute approximate surface area is 118 Å². The Morgan fingerprint density at radius 2 is 1.74 bits per heavy atom. The zero-order valence-electron chi connectivity index (χ0n) is 13.6. The smallest absolute Gasteiger partial charge is 0.243 e. The predicted octanol–water partition coefficient (Wildman–Crippen LogP) is 2.97. The van der Waals surface area contributed by atoms with E-state index in [1.807, 2.05) is 27.7 Å². The Morgan fingerprint density at radius 1 is 1.16 bits per heavy atom. The molecule has 1 saturated heterocycles. The largest absolute Gasteiger partial charge is 0.295 e. The van der Waals surface area contributed by atoms with Crippen molar-refractivity contribution >= 4 is 11.8 Å². The lowest BCUT2D eigenvalue weighted by Gasteiger charge is -2.31. The molecule has 0 saturated carbocycles. The maximum absolute atomic E-state index is 11.6. The van der Waals surface area contributed by atoms with Crippen molar-refractivity contribution in [3.8, 4) is 0 Å². The summed E-state index contributed by atoms with van der Waals surface area (Å²) in [5, 5.41) is 2.40. The minimum atomic E-state index is -0.136. The summed E-state index contributed by atoms with van der Waals surface area (Å²) < 4.78 is 0. The van der Waals surface area contributed by atoms with Crippen molar-refractivity contribution in [2.45, 2.75) is 73.3 Å². The van der Waals surface area contributed by atoms with E-state index >= 15 is 0 Å². The molecular weight excluding hydrogens is 240 g/mol.